The minimum atomic E-state index is -0.858. The number of amides is 2. The lowest BCUT2D eigenvalue weighted by Gasteiger charge is -2.18. The molecule has 0 spiro atoms. The van der Waals surface area contributed by atoms with Crippen molar-refractivity contribution in [2.24, 2.45) is 0 Å². The molecule has 1 heterocycles. The highest BCUT2D eigenvalue weighted by atomic mass is 35.5. The number of carbonyl (C=O) groups is 3. The number of aryl methyl sites for hydroxylation is 1. The van der Waals surface area contributed by atoms with Crippen LogP contribution in [0.3, 0.4) is 0 Å². The van der Waals surface area contributed by atoms with Gasteiger partial charge >= 0.3 is 5.97 Å². The highest BCUT2D eigenvalue weighted by molar-refractivity contribution is 7.18. The number of nitrogens with one attached hydrogen (secondary N) is 1. The van der Waals surface area contributed by atoms with E-state index in [2.05, 4.69) is 5.32 Å². The van der Waals surface area contributed by atoms with Crippen molar-refractivity contribution in [3.05, 3.63) is 44.8 Å². The lowest BCUT2D eigenvalue weighted by Crippen LogP contribution is -2.30. The Kier molecular flexibility index (Phi) is 9.31. The standard InChI is InChI=1S/C24H31ClN2O5S/c1-8-27(9-2)23(29)20-15(6)19(24(30)31-13(3)4)22(33-20)26-21(28)16(7)32-18-11-10-17(25)12-14(18)5/h10-13,16H,8-9H2,1-7H3,(H,26,28). The molecule has 0 saturated carbocycles. The van der Waals surface area contributed by atoms with Crippen LogP contribution in [-0.2, 0) is 9.53 Å². The minimum absolute atomic E-state index is 0.187. The molecular weight excluding hydrogens is 464 g/mol. The largest absolute Gasteiger partial charge is 0.481 e. The van der Waals surface area contributed by atoms with Gasteiger partial charge in [-0.2, -0.15) is 0 Å². The Balaban J connectivity index is 2.36. The first-order valence-corrected chi connectivity index (χ1v) is 12.1. The Bertz CT molecular complexity index is 1030. The van der Waals surface area contributed by atoms with E-state index in [1.54, 1.807) is 50.8 Å². The Hall–Kier alpha value is -2.58. The summed E-state index contributed by atoms with van der Waals surface area (Å²) in [6.45, 7) is 13.5. The predicted octanol–water partition coefficient (Wildman–Crippen LogP) is 5.47. The topological polar surface area (TPSA) is 84.9 Å². The van der Waals surface area contributed by atoms with E-state index >= 15 is 0 Å². The highest BCUT2D eigenvalue weighted by Gasteiger charge is 2.30. The monoisotopic (exact) mass is 494 g/mol. The average molecular weight is 495 g/mol. The molecule has 0 radical (unpaired) electrons. The van der Waals surface area contributed by atoms with Crippen LogP contribution in [0, 0.1) is 13.8 Å². The number of rotatable bonds is 9. The SMILES string of the molecule is CCN(CC)C(=O)c1sc(NC(=O)C(C)Oc2ccc(Cl)cc2C)c(C(=O)OC(C)C)c1C. The summed E-state index contributed by atoms with van der Waals surface area (Å²) in [4.78, 5) is 40.8. The molecule has 1 aromatic heterocycles. The minimum Gasteiger partial charge on any atom is -0.481 e. The molecule has 0 saturated heterocycles. The lowest BCUT2D eigenvalue weighted by atomic mass is 10.1. The first kappa shape index (κ1) is 26.7. The molecule has 9 heteroatoms. The van der Waals surface area contributed by atoms with Gasteiger partial charge in [0.25, 0.3) is 11.8 Å². The maximum Gasteiger partial charge on any atom is 0.341 e. The van der Waals surface area contributed by atoms with Crippen molar-refractivity contribution in [1.82, 2.24) is 4.90 Å². The van der Waals surface area contributed by atoms with Crippen LogP contribution >= 0.6 is 22.9 Å². The van der Waals surface area contributed by atoms with Crippen molar-refractivity contribution in [2.75, 3.05) is 18.4 Å². The van der Waals surface area contributed by atoms with Gasteiger partial charge in [0, 0.05) is 18.1 Å². The molecule has 2 aromatic rings. The van der Waals surface area contributed by atoms with Crippen LogP contribution in [0.25, 0.3) is 0 Å². The fourth-order valence-electron chi connectivity index (χ4n) is 3.18. The third kappa shape index (κ3) is 6.48. The summed E-state index contributed by atoms with van der Waals surface area (Å²) in [7, 11) is 0. The van der Waals surface area contributed by atoms with E-state index in [4.69, 9.17) is 21.1 Å². The first-order chi connectivity index (χ1) is 15.5. The number of anilines is 1. The summed E-state index contributed by atoms with van der Waals surface area (Å²) < 4.78 is 11.2. The molecule has 0 fully saturated rings. The fourth-order valence-corrected chi connectivity index (χ4v) is 4.57. The smallest absolute Gasteiger partial charge is 0.341 e. The van der Waals surface area contributed by atoms with Crippen LogP contribution in [0.2, 0.25) is 5.02 Å². The Morgan fingerprint density at radius 2 is 1.76 bits per heavy atom. The van der Waals surface area contributed by atoms with Crippen molar-refractivity contribution < 1.29 is 23.9 Å². The average Bonchev–Trinajstić information content (AvgIpc) is 3.06. The number of hydrogen-bond acceptors (Lipinski definition) is 6. The summed E-state index contributed by atoms with van der Waals surface area (Å²) >= 11 is 7.05. The zero-order valence-electron chi connectivity index (χ0n) is 20.1. The normalized spacial score (nSPS) is 11.8. The number of thiophene rings is 1. The van der Waals surface area contributed by atoms with Crippen LogP contribution < -0.4 is 10.1 Å². The van der Waals surface area contributed by atoms with Gasteiger partial charge in [-0.15, -0.1) is 11.3 Å². The molecule has 1 N–H and O–H groups in total. The fraction of sp³-hybridized carbons (Fsp3) is 0.458. The molecule has 7 nitrogen and oxygen atoms in total. The van der Waals surface area contributed by atoms with E-state index in [1.165, 1.54) is 0 Å². The number of esters is 1. The second kappa shape index (κ2) is 11.5. The zero-order chi connectivity index (χ0) is 24.9. The highest BCUT2D eigenvalue weighted by Crippen LogP contribution is 2.35. The molecule has 180 valence electrons. The second-order valence-electron chi connectivity index (χ2n) is 7.85. The predicted molar refractivity (Wildman–Crippen MR) is 132 cm³/mol. The molecule has 2 rings (SSSR count). The number of benzene rings is 1. The molecule has 0 aliphatic heterocycles. The molecule has 2 amide bonds. The van der Waals surface area contributed by atoms with Crippen LogP contribution in [0.15, 0.2) is 18.2 Å². The number of carbonyl (C=O) groups excluding carboxylic acids is 3. The van der Waals surface area contributed by atoms with Crippen molar-refractivity contribution in [3.8, 4) is 5.75 Å². The number of hydrogen-bond donors (Lipinski definition) is 1. The first-order valence-electron chi connectivity index (χ1n) is 10.9. The number of nitrogens with zero attached hydrogens (tertiary/aromatic N) is 1. The van der Waals surface area contributed by atoms with Gasteiger partial charge in [-0.3, -0.25) is 9.59 Å². The van der Waals surface area contributed by atoms with Gasteiger partial charge in [0.2, 0.25) is 0 Å². The van der Waals surface area contributed by atoms with Gasteiger partial charge in [-0.1, -0.05) is 11.6 Å². The van der Waals surface area contributed by atoms with Gasteiger partial charge in [0.1, 0.15) is 10.8 Å². The zero-order valence-corrected chi connectivity index (χ0v) is 21.6. The Labute approximate surface area is 204 Å². The summed E-state index contributed by atoms with van der Waals surface area (Å²) in [5, 5.41) is 3.60. The molecule has 33 heavy (non-hydrogen) atoms. The van der Waals surface area contributed by atoms with E-state index < -0.39 is 18.0 Å². The van der Waals surface area contributed by atoms with Gasteiger partial charge in [0.15, 0.2) is 6.10 Å². The maximum atomic E-state index is 13.0. The van der Waals surface area contributed by atoms with E-state index in [1.807, 2.05) is 20.8 Å². The summed E-state index contributed by atoms with van der Waals surface area (Å²) in [5.41, 5.74) is 1.47. The van der Waals surface area contributed by atoms with Gasteiger partial charge in [-0.05, 0) is 77.8 Å². The van der Waals surface area contributed by atoms with Crippen LogP contribution in [0.1, 0.15) is 65.8 Å². The molecule has 1 unspecified atom stereocenters. The molecule has 0 aliphatic carbocycles. The van der Waals surface area contributed by atoms with Crippen molar-refractivity contribution in [3.63, 3.8) is 0 Å². The molecular formula is C24H31ClN2O5S. The molecule has 0 bridgehead atoms. The van der Waals surface area contributed by atoms with E-state index in [-0.39, 0.29) is 22.6 Å². The van der Waals surface area contributed by atoms with E-state index in [0.29, 0.717) is 34.3 Å². The quantitative estimate of drug-likeness (QED) is 0.467. The maximum absolute atomic E-state index is 13.0. The molecule has 1 atom stereocenters. The van der Waals surface area contributed by atoms with Crippen LogP contribution in [0.4, 0.5) is 5.00 Å². The Morgan fingerprint density at radius 1 is 1.12 bits per heavy atom. The number of halogens is 1. The van der Waals surface area contributed by atoms with E-state index in [0.717, 1.165) is 16.9 Å². The van der Waals surface area contributed by atoms with Crippen molar-refractivity contribution in [2.45, 2.75) is 60.7 Å². The third-order valence-electron chi connectivity index (χ3n) is 4.99. The van der Waals surface area contributed by atoms with Gasteiger partial charge in [0.05, 0.1) is 16.5 Å². The van der Waals surface area contributed by atoms with Crippen molar-refractivity contribution >= 4 is 45.7 Å². The van der Waals surface area contributed by atoms with Crippen LogP contribution in [-0.4, -0.2) is 48.0 Å². The molecule has 1 aromatic carbocycles. The van der Waals surface area contributed by atoms with Crippen molar-refractivity contribution in [1.29, 1.82) is 0 Å². The van der Waals surface area contributed by atoms with Gasteiger partial charge < -0.3 is 19.7 Å². The summed E-state index contributed by atoms with van der Waals surface area (Å²) in [5.74, 6) is -0.704. The lowest BCUT2D eigenvalue weighted by molar-refractivity contribution is -0.122. The summed E-state index contributed by atoms with van der Waals surface area (Å²) in [6.07, 6.45) is -1.21. The number of ether oxygens (including phenoxy) is 2. The second-order valence-corrected chi connectivity index (χ2v) is 9.31. The van der Waals surface area contributed by atoms with Crippen LogP contribution in [0.5, 0.6) is 5.75 Å². The third-order valence-corrected chi connectivity index (χ3v) is 6.42. The van der Waals surface area contributed by atoms with Gasteiger partial charge in [-0.25, -0.2) is 4.79 Å². The Morgan fingerprint density at radius 3 is 2.30 bits per heavy atom. The molecule has 0 aliphatic rings. The summed E-state index contributed by atoms with van der Waals surface area (Å²) in [6, 6.07) is 5.13. The van der Waals surface area contributed by atoms with E-state index in [9.17, 15) is 14.4 Å².